The SMILES string of the molecule is O=C1CO[C@H]2CCN(C(=O)N3CC(c4ccc(Oc5cncc(F)c5)cc4)C3)C[C@H]2C1. The number of ether oxygens (including phenoxy) is 2. The van der Waals surface area contributed by atoms with Crippen molar-refractivity contribution < 1.29 is 23.5 Å². The van der Waals surface area contributed by atoms with Gasteiger partial charge in [0.1, 0.15) is 23.9 Å². The summed E-state index contributed by atoms with van der Waals surface area (Å²) in [5, 5.41) is 0. The number of benzene rings is 1. The number of nitrogens with zero attached hydrogens (tertiary/aromatic N) is 3. The van der Waals surface area contributed by atoms with Crippen molar-refractivity contribution in [3.05, 3.63) is 54.1 Å². The summed E-state index contributed by atoms with van der Waals surface area (Å²) in [7, 11) is 0. The highest BCUT2D eigenvalue weighted by molar-refractivity contribution is 5.81. The molecule has 1 aromatic heterocycles. The highest BCUT2D eigenvalue weighted by Crippen LogP contribution is 2.32. The summed E-state index contributed by atoms with van der Waals surface area (Å²) in [5.41, 5.74) is 1.14. The molecule has 3 fully saturated rings. The molecule has 0 spiro atoms. The van der Waals surface area contributed by atoms with Gasteiger partial charge in [-0.15, -0.1) is 0 Å². The molecule has 3 aliphatic rings. The molecule has 8 heteroatoms. The largest absolute Gasteiger partial charge is 0.456 e. The van der Waals surface area contributed by atoms with Gasteiger partial charge >= 0.3 is 6.03 Å². The Morgan fingerprint density at radius 2 is 1.90 bits per heavy atom. The highest BCUT2D eigenvalue weighted by Gasteiger charge is 2.40. The molecule has 7 nitrogen and oxygen atoms in total. The molecule has 0 saturated carbocycles. The third-order valence-corrected chi connectivity index (χ3v) is 6.30. The molecule has 0 radical (unpaired) electrons. The molecular weight excluding hydrogens is 401 g/mol. The van der Waals surface area contributed by atoms with Crippen molar-refractivity contribution in [2.45, 2.75) is 24.9 Å². The number of hydrogen-bond acceptors (Lipinski definition) is 5. The van der Waals surface area contributed by atoms with Crippen LogP contribution < -0.4 is 4.74 Å². The summed E-state index contributed by atoms with van der Waals surface area (Å²) in [6, 6.07) is 8.97. The Morgan fingerprint density at radius 3 is 2.68 bits per heavy atom. The Balaban J connectivity index is 1.13. The fourth-order valence-electron chi connectivity index (χ4n) is 4.59. The zero-order valence-electron chi connectivity index (χ0n) is 17.1. The van der Waals surface area contributed by atoms with Crippen LogP contribution in [0.5, 0.6) is 11.5 Å². The van der Waals surface area contributed by atoms with Gasteiger partial charge in [-0.3, -0.25) is 9.78 Å². The van der Waals surface area contributed by atoms with Gasteiger partial charge in [0, 0.05) is 50.5 Å². The van der Waals surface area contributed by atoms with Crippen LogP contribution >= 0.6 is 0 Å². The average Bonchev–Trinajstić information content (AvgIpc) is 2.73. The van der Waals surface area contributed by atoms with Gasteiger partial charge < -0.3 is 19.3 Å². The second kappa shape index (κ2) is 8.26. The van der Waals surface area contributed by atoms with Gasteiger partial charge in [-0.05, 0) is 24.1 Å². The van der Waals surface area contributed by atoms with Crippen LogP contribution in [-0.2, 0) is 9.53 Å². The summed E-state index contributed by atoms with van der Waals surface area (Å²) in [6.07, 6.45) is 4.00. The quantitative estimate of drug-likeness (QED) is 0.755. The van der Waals surface area contributed by atoms with Crippen LogP contribution in [0.4, 0.5) is 9.18 Å². The van der Waals surface area contributed by atoms with Gasteiger partial charge in [-0.25, -0.2) is 9.18 Å². The monoisotopic (exact) mass is 425 g/mol. The Hall–Kier alpha value is -3.00. The second-order valence-corrected chi connectivity index (χ2v) is 8.48. The first kappa shape index (κ1) is 19.9. The standard InChI is InChI=1S/C23H24FN3O4/c24-18-8-21(10-25-9-18)31-20-3-1-15(2-4-20)17-12-27(13-17)23(29)26-6-5-22-16(11-26)7-19(28)14-30-22/h1-4,8-10,16-17,22H,5-7,11-14H2/t16-,22+/m1/s1. The van der Waals surface area contributed by atoms with Crippen molar-refractivity contribution in [2.75, 3.05) is 32.8 Å². The molecule has 2 atom stereocenters. The van der Waals surface area contributed by atoms with E-state index in [1.54, 1.807) is 0 Å². The van der Waals surface area contributed by atoms with Gasteiger partial charge in [-0.2, -0.15) is 0 Å². The number of amides is 2. The van der Waals surface area contributed by atoms with E-state index >= 15 is 0 Å². The lowest BCUT2D eigenvalue weighted by Crippen LogP contribution is -2.58. The van der Waals surface area contributed by atoms with Gasteiger partial charge in [0.2, 0.25) is 0 Å². The number of urea groups is 1. The van der Waals surface area contributed by atoms with Crippen molar-refractivity contribution in [1.29, 1.82) is 0 Å². The van der Waals surface area contributed by atoms with Crippen molar-refractivity contribution in [3.63, 3.8) is 0 Å². The van der Waals surface area contributed by atoms with E-state index in [2.05, 4.69) is 4.98 Å². The topological polar surface area (TPSA) is 72.0 Å². The Labute approximate surface area is 179 Å². The maximum absolute atomic E-state index is 13.2. The third-order valence-electron chi connectivity index (χ3n) is 6.30. The molecule has 1 aromatic carbocycles. The van der Waals surface area contributed by atoms with Crippen molar-refractivity contribution in [3.8, 4) is 11.5 Å². The van der Waals surface area contributed by atoms with E-state index in [0.29, 0.717) is 44.1 Å². The van der Waals surface area contributed by atoms with E-state index in [1.807, 2.05) is 34.1 Å². The molecule has 0 aliphatic carbocycles. The molecule has 2 aromatic rings. The molecule has 2 amide bonds. The molecule has 3 aliphatic heterocycles. The minimum absolute atomic E-state index is 0.0475. The number of hydrogen-bond donors (Lipinski definition) is 0. The van der Waals surface area contributed by atoms with Crippen LogP contribution in [-0.4, -0.2) is 65.5 Å². The number of likely N-dealkylation sites (tertiary alicyclic amines) is 2. The van der Waals surface area contributed by atoms with E-state index in [-0.39, 0.29) is 36.4 Å². The molecule has 0 N–H and O–H groups in total. The van der Waals surface area contributed by atoms with Crippen LogP contribution in [0.3, 0.4) is 0 Å². The van der Waals surface area contributed by atoms with Gasteiger partial charge in [0.15, 0.2) is 5.78 Å². The fourth-order valence-corrected chi connectivity index (χ4v) is 4.59. The van der Waals surface area contributed by atoms with E-state index in [4.69, 9.17) is 9.47 Å². The highest BCUT2D eigenvalue weighted by atomic mass is 19.1. The molecule has 0 unspecified atom stereocenters. The van der Waals surface area contributed by atoms with Gasteiger partial charge in [-0.1, -0.05) is 12.1 Å². The number of ketones is 1. The first-order chi connectivity index (χ1) is 15.0. The van der Waals surface area contributed by atoms with Crippen LogP contribution in [0.15, 0.2) is 42.7 Å². The van der Waals surface area contributed by atoms with E-state index in [9.17, 15) is 14.0 Å². The van der Waals surface area contributed by atoms with E-state index in [0.717, 1.165) is 18.2 Å². The predicted molar refractivity (Wildman–Crippen MR) is 109 cm³/mol. The minimum atomic E-state index is -0.444. The number of aromatic nitrogens is 1. The Morgan fingerprint density at radius 1 is 1.10 bits per heavy atom. The Kier molecular flexibility index (Phi) is 5.31. The summed E-state index contributed by atoms with van der Waals surface area (Å²) in [4.78, 5) is 32.0. The summed E-state index contributed by atoms with van der Waals surface area (Å²) in [5.74, 6) is 1.04. The van der Waals surface area contributed by atoms with Crippen LogP contribution in [0, 0.1) is 11.7 Å². The molecule has 0 bridgehead atoms. The molecule has 162 valence electrons. The molecule has 31 heavy (non-hydrogen) atoms. The normalized spacial score (nSPS) is 23.8. The number of carbonyl (C=O) groups is 2. The summed E-state index contributed by atoms with van der Waals surface area (Å²) < 4.78 is 24.5. The molecule has 3 saturated heterocycles. The van der Waals surface area contributed by atoms with Crippen LogP contribution in [0.25, 0.3) is 0 Å². The molecular formula is C23H24FN3O4. The van der Waals surface area contributed by atoms with Gasteiger partial charge in [0.25, 0.3) is 0 Å². The minimum Gasteiger partial charge on any atom is -0.456 e. The van der Waals surface area contributed by atoms with Crippen LogP contribution in [0.1, 0.15) is 24.3 Å². The lowest BCUT2D eigenvalue weighted by Gasteiger charge is -2.46. The zero-order valence-corrected chi connectivity index (χ0v) is 17.1. The fraction of sp³-hybridized carbons (Fsp3) is 0.435. The molecule has 4 heterocycles. The number of carbonyl (C=O) groups excluding carboxylic acids is 2. The van der Waals surface area contributed by atoms with E-state index < -0.39 is 5.82 Å². The summed E-state index contributed by atoms with van der Waals surface area (Å²) in [6.45, 7) is 2.83. The zero-order chi connectivity index (χ0) is 21.4. The van der Waals surface area contributed by atoms with Crippen LogP contribution in [0.2, 0.25) is 0 Å². The number of piperidine rings is 1. The second-order valence-electron chi connectivity index (χ2n) is 8.48. The number of pyridine rings is 1. The first-order valence-corrected chi connectivity index (χ1v) is 10.6. The average molecular weight is 425 g/mol. The van der Waals surface area contributed by atoms with Crippen molar-refractivity contribution in [2.24, 2.45) is 5.92 Å². The molecule has 5 rings (SSSR count). The van der Waals surface area contributed by atoms with Crippen molar-refractivity contribution >= 4 is 11.8 Å². The number of fused-ring (bicyclic) bond motifs is 1. The maximum atomic E-state index is 13.2. The predicted octanol–water partition coefficient (Wildman–Crippen LogP) is 3.21. The van der Waals surface area contributed by atoms with Gasteiger partial charge in [0.05, 0.1) is 18.5 Å². The maximum Gasteiger partial charge on any atom is 0.320 e. The first-order valence-electron chi connectivity index (χ1n) is 10.6. The lowest BCUT2D eigenvalue weighted by atomic mass is 9.87. The van der Waals surface area contributed by atoms with E-state index in [1.165, 1.54) is 12.3 Å². The smallest absolute Gasteiger partial charge is 0.320 e. The lowest BCUT2D eigenvalue weighted by molar-refractivity contribution is -0.140. The summed E-state index contributed by atoms with van der Waals surface area (Å²) >= 11 is 0. The number of Topliss-reactive ketones (excluding diaryl/α,β-unsaturated/α-hetero) is 1. The van der Waals surface area contributed by atoms with Crippen molar-refractivity contribution in [1.82, 2.24) is 14.8 Å². The number of halogens is 1. The third kappa shape index (κ3) is 4.25. The number of rotatable bonds is 3. The Bertz CT molecular complexity index is 977.